The van der Waals surface area contributed by atoms with E-state index in [2.05, 4.69) is 24.3 Å². The van der Waals surface area contributed by atoms with Gasteiger partial charge in [0.15, 0.2) is 17.5 Å². The SMILES string of the molecule is [2H]c1c([2H])c([2H])c(-c2ccc3c(-c4nc(-c5ccccc5)nc(-c5cccc(-c6cccc7oc8ccccc8c67)c5)n4)cccc3c2)c([2H])c1[2H]. The first-order valence-corrected chi connectivity index (χ1v) is 15.3. The van der Waals surface area contributed by atoms with Gasteiger partial charge in [-0.05, 0) is 57.3 Å². The van der Waals surface area contributed by atoms with Crippen molar-refractivity contribution < 1.29 is 11.3 Å². The van der Waals surface area contributed by atoms with Gasteiger partial charge < -0.3 is 4.42 Å². The Labute approximate surface area is 278 Å². The van der Waals surface area contributed by atoms with Gasteiger partial charge >= 0.3 is 0 Å². The molecule has 0 unspecified atom stereocenters. The first kappa shape index (κ1) is 22.2. The Morgan fingerprint density at radius 2 is 1.11 bits per heavy atom. The van der Waals surface area contributed by atoms with Crippen LogP contribution in [0.2, 0.25) is 0 Å². The highest BCUT2D eigenvalue weighted by atomic mass is 16.3. The van der Waals surface area contributed by atoms with Crippen LogP contribution in [0.4, 0.5) is 0 Å². The Morgan fingerprint density at radius 3 is 2.00 bits per heavy atom. The van der Waals surface area contributed by atoms with Crippen LogP contribution >= 0.6 is 0 Å². The smallest absolute Gasteiger partial charge is 0.164 e. The van der Waals surface area contributed by atoms with Crippen LogP contribution in [0.5, 0.6) is 0 Å². The zero-order chi connectivity index (χ0) is 35.5. The zero-order valence-electron chi connectivity index (χ0n) is 30.0. The summed E-state index contributed by atoms with van der Waals surface area (Å²) in [5.41, 5.74) is 6.85. The molecule has 0 atom stereocenters. The van der Waals surface area contributed by atoms with Crippen LogP contribution in [-0.4, -0.2) is 15.0 Å². The lowest BCUT2D eigenvalue weighted by atomic mass is 9.97. The number of hydrogen-bond acceptors (Lipinski definition) is 4. The topological polar surface area (TPSA) is 51.8 Å². The summed E-state index contributed by atoms with van der Waals surface area (Å²) < 4.78 is 47.5. The average molecular weight is 607 g/mol. The second-order valence-corrected chi connectivity index (χ2v) is 11.3. The summed E-state index contributed by atoms with van der Waals surface area (Å²) in [6.07, 6.45) is 0. The quantitative estimate of drug-likeness (QED) is 0.196. The molecule has 0 N–H and O–H groups in total. The molecule has 2 heterocycles. The van der Waals surface area contributed by atoms with Gasteiger partial charge in [-0.25, -0.2) is 15.0 Å². The number of rotatable bonds is 5. The van der Waals surface area contributed by atoms with E-state index in [1.54, 1.807) is 6.07 Å². The predicted molar refractivity (Wildman–Crippen MR) is 192 cm³/mol. The number of para-hydroxylation sites is 1. The van der Waals surface area contributed by atoms with E-state index in [1.165, 1.54) is 0 Å². The van der Waals surface area contributed by atoms with E-state index in [0.717, 1.165) is 60.5 Å². The summed E-state index contributed by atoms with van der Waals surface area (Å²) >= 11 is 0. The van der Waals surface area contributed by atoms with Gasteiger partial charge in [0.1, 0.15) is 11.2 Å². The Kier molecular flexibility index (Phi) is 5.28. The fraction of sp³-hybridized carbons (Fsp3) is 0. The van der Waals surface area contributed by atoms with Gasteiger partial charge in [-0.3, -0.25) is 0 Å². The molecule has 0 radical (unpaired) electrons. The number of benzene rings is 7. The van der Waals surface area contributed by atoms with E-state index < -0.39 is 6.04 Å². The first-order valence-electron chi connectivity index (χ1n) is 17.8. The minimum atomic E-state index is -0.417. The van der Waals surface area contributed by atoms with Crippen molar-refractivity contribution in [3.8, 4) is 56.4 Å². The van der Waals surface area contributed by atoms with E-state index in [0.29, 0.717) is 23.0 Å². The largest absolute Gasteiger partial charge is 0.456 e. The highest BCUT2D eigenvalue weighted by Gasteiger charge is 2.17. The number of hydrogen-bond donors (Lipinski definition) is 0. The van der Waals surface area contributed by atoms with Crippen LogP contribution in [0.25, 0.3) is 89.1 Å². The van der Waals surface area contributed by atoms with Gasteiger partial charge in [0.2, 0.25) is 0 Å². The lowest BCUT2D eigenvalue weighted by Crippen LogP contribution is -2.00. The Hall–Kier alpha value is -6.39. The molecule has 9 aromatic rings. The number of fused-ring (bicyclic) bond motifs is 4. The minimum Gasteiger partial charge on any atom is -0.456 e. The van der Waals surface area contributed by atoms with Gasteiger partial charge in [-0.1, -0.05) is 139 Å². The molecule has 0 saturated heterocycles. The molecular formula is C43H27N3O. The molecule has 0 bridgehead atoms. The lowest BCUT2D eigenvalue weighted by molar-refractivity contribution is 0.669. The molecule has 220 valence electrons. The lowest BCUT2D eigenvalue weighted by Gasteiger charge is -2.12. The molecule has 2 aromatic heterocycles. The van der Waals surface area contributed by atoms with Crippen LogP contribution in [0.3, 0.4) is 0 Å². The molecule has 0 aliphatic carbocycles. The minimum absolute atomic E-state index is 0.158. The van der Waals surface area contributed by atoms with Crippen LogP contribution in [0.15, 0.2) is 168 Å². The van der Waals surface area contributed by atoms with Gasteiger partial charge in [-0.15, -0.1) is 0 Å². The predicted octanol–water partition coefficient (Wildman–Crippen LogP) is 11.3. The van der Waals surface area contributed by atoms with Crippen molar-refractivity contribution >= 4 is 32.7 Å². The maximum Gasteiger partial charge on any atom is 0.164 e. The summed E-state index contributed by atoms with van der Waals surface area (Å²) in [6, 6.07) is 41.8. The Morgan fingerprint density at radius 1 is 0.426 bits per heavy atom. The molecule has 4 nitrogen and oxygen atoms in total. The third-order valence-corrected chi connectivity index (χ3v) is 8.41. The number of aromatic nitrogens is 3. The molecule has 0 aliphatic rings. The third-order valence-electron chi connectivity index (χ3n) is 8.41. The summed E-state index contributed by atoms with van der Waals surface area (Å²) in [4.78, 5) is 15.0. The first-order chi connectivity index (χ1) is 25.4. The highest BCUT2D eigenvalue weighted by Crippen LogP contribution is 2.38. The van der Waals surface area contributed by atoms with Crippen molar-refractivity contribution in [1.29, 1.82) is 0 Å². The summed E-state index contributed by atoms with van der Waals surface area (Å²) in [5.74, 6) is 1.53. The zero-order valence-corrected chi connectivity index (χ0v) is 25.0. The maximum atomic E-state index is 8.50. The summed E-state index contributed by atoms with van der Waals surface area (Å²) in [5, 5.41) is 3.77. The number of furan rings is 1. The maximum absolute atomic E-state index is 8.50. The van der Waals surface area contributed by atoms with E-state index in [4.69, 9.17) is 26.2 Å². The van der Waals surface area contributed by atoms with Crippen molar-refractivity contribution in [3.63, 3.8) is 0 Å². The van der Waals surface area contributed by atoms with Crippen molar-refractivity contribution in [2.24, 2.45) is 0 Å². The van der Waals surface area contributed by atoms with Crippen LogP contribution in [-0.2, 0) is 0 Å². The average Bonchev–Trinajstić information content (AvgIpc) is 3.58. The van der Waals surface area contributed by atoms with Crippen molar-refractivity contribution in [3.05, 3.63) is 164 Å². The fourth-order valence-electron chi connectivity index (χ4n) is 6.21. The summed E-state index contributed by atoms with van der Waals surface area (Å²) in [7, 11) is 0. The highest BCUT2D eigenvalue weighted by molar-refractivity contribution is 6.12. The summed E-state index contributed by atoms with van der Waals surface area (Å²) in [6.45, 7) is 0. The monoisotopic (exact) mass is 606 g/mol. The molecule has 9 rings (SSSR count). The van der Waals surface area contributed by atoms with Gasteiger partial charge in [-0.2, -0.15) is 0 Å². The van der Waals surface area contributed by atoms with Gasteiger partial charge in [0.25, 0.3) is 0 Å². The van der Waals surface area contributed by atoms with Crippen molar-refractivity contribution in [2.45, 2.75) is 0 Å². The number of nitrogens with zero attached hydrogens (tertiary/aromatic N) is 3. The van der Waals surface area contributed by atoms with Crippen LogP contribution in [0, 0.1) is 0 Å². The van der Waals surface area contributed by atoms with E-state index in [1.807, 2.05) is 103 Å². The Balaban J connectivity index is 1.21. The molecule has 0 fully saturated rings. The van der Waals surface area contributed by atoms with Crippen molar-refractivity contribution in [2.75, 3.05) is 0 Å². The normalized spacial score (nSPS) is 12.9. The molecule has 0 amide bonds. The van der Waals surface area contributed by atoms with Crippen molar-refractivity contribution in [1.82, 2.24) is 15.0 Å². The van der Waals surface area contributed by atoms with Crippen LogP contribution < -0.4 is 0 Å². The molecule has 0 aliphatic heterocycles. The molecule has 0 spiro atoms. The molecule has 0 saturated carbocycles. The van der Waals surface area contributed by atoms with Gasteiger partial charge in [0, 0.05) is 27.5 Å². The Bertz CT molecular complexity index is 2840. The fourth-order valence-corrected chi connectivity index (χ4v) is 6.21. The standard InChI is InChI=1S/C43H27N3O/c1-3-12-28(13-4-1)30-24-25-34-31(26-30)17-10-21-36(34)43-45-41(29-14-5-2-6-15-29)44-42(46-43)33-18-9-16-32(27-33)35-20-11-23-39-40(35)37-19-7-8-22-38(37)47-39/h1-27H/i1D,3D,4D,12D,13D. The molecule has 7 aromatic carbocycles. The molecule has 47 heavy (non-hydrogen) atoms. The van der Waals surface area contributed by atoms with Gasteiger partial charge in [0.05, 0.1) is 6.85 Å². The van der Waals surface area contributed by atoms with E-state index >= 15 is 0 Å². The second kappa shape index (κ2) is 11.2. The second-order valence-electron chi connectivity index (χ2n) is 11.3. The van der Waals surface area contributed by atoms with E-state index in [-0.39, 0.29) is 29.7 Å². The molecular weight excluding hydrogens is 574 g/mol. The van der Waals surface area contributed by atoms with E-state index in [9.17, 15) is 0 Å². The van der Waals surface area contributed by atoms with Crippen LogP contribution in [0.1, 0.15) is 6.85 Å². The third kappa shape index (κ3) is 4.84. The molecule has 4 heteroatoms.